The smallest absolute Gasteiger partial charge is 0.297 e. The number of carbonyl (C=O) groups excluding carboxylic acids is 3. The SMILES string of the molecule is COc1cc2cnc(C(=O)C(=O)N(C)C)n2cc1C(=O)N1CCC(Cc2ccc(F)cc2)CC1. The van der Waals surface area contributed by atoms with Crippen LogP contribution in [0, 0.1) is 11.7 Å². The van der Waals surface area contributed by atoms with Crippen molar-refractivity contribution in [2.24, 2.45) is 5.92 Å². The highest BCUT2D eigenvalue weighted by atomic mass is 19.1. The molecule has 8 nitrogen and oxygen atoms in total. The maximum Gasteiger partial charge on any atom is 0.297 e. The highest BCUT2D eigenvalue weighted by Crippen LogP contribution is 2.27. The summed E-state index contributed by atoms with van der Waals surface area (Å²) < 4.78 is 20.1. The van der Waals surface area contributed by atoms with E-state index in [1.165, 1.54) is 55.0 Å². The van der Waals surface area contributed by atoms with Crippen LogP contribution in [0.5, 0.6) is 5.75 Å². The Bertz CT molecular complexity index is 1230. The topological polar surface area (TPSA) is 84.2 Å². The van der Waals surface area contributed by atoms with E-state index in [0.717, 1.165) is 24.8 Å². The van der Waals surface area contributed by atoms with Gasteiger partial charge in [0.25, 0.3) is 17.6 Å². The Morgan fingerprint density at radius 2 is 1.82 bits per heavy atom. The number of imidazole rings is 1. The molecule has 1 fully saturated rings. The Morgan fingerprint density at radius 3 is 2.44 bits per heavy atom. The number of ketones is 1. The molecule has 3 heterocycles. The minimum absolute atomic E-state index is 0.0524. The van der Waals surface area contributed by atoms with Gasteiger partial charge in [0, 0.05) is 39.4 Å². The third-order valence-corrected chi connectivity index (χ3v) is 6.22. The molecule has 3 aromatic rings. The monoisotopic (exact) mass is 466 g/mol. The Kier molecular flexibility index (Phi) is 6.63. The van der Waals surface area contributed by atoms with Crippen LogP contribution in [0.15, 0.2) is 42.7 Å². The first-order chi connectivity index (χ1) is 16.3. The fourth-order valence-corrected chi connectivity index (χ4v) is 4.28. The van der Waals surface area contributed by atoms with Crippen LogP contribution in [0.3, 0.4) is 0 Å². The Labute approximate surface area is 196 Å². The fourth-order valence-electron chi connectivity index (χ4n) is 4.28. The summed E-state index contributed by atoms with van der Waals surface area (Å²) in [6, 6.07) is 8.18. The van der Waals surface area contributed by atoms with Crippen LogP contribution in [-0.2, 0) is 11.2 Å². The highest BCUT2D eigenvalue weighted by Gasteiger charge is 2.28. The molecule has 1 aliphatic heterocycles. The summed E-state index contributed by atoms with van der Waals surface area (Å²) in [6.07, 6.45) is 5.50. The summed E-state index contributed by atoms with van der Waals surface area (Å²) in [4.78, 5) is 45.2. The van der Waals surface area contributed by atoms with Crippen molar-refractivity contribution in [3.8, 4) is 5.75 Å². The molecule has 0 radical (unpaired) electrons. The van der Waals surface area contributed by atoms with Crippen molar-refractivity contribution in [1.29, 1.82) is 0 Å². The summed E-state index contributed by atoms with van der Waals surface area (Å²) in [5.74, 6) is -1.16. The molecule has 0 atom stereocenters. The zero-order chi connectivity index (χ0) is 24.4. The lowest BCUT2D eigenvalue weighted by Crippen LogP contribution is -2.39. The minimum atomic E-state index is -0.754. The number of likely N-dealkylation sites (N-methyl/N-ethyl adjacent to an activating group) is 1. The number of nitrogens with zero attached hydrogens (tertiary/aromatic N) is 4. The molecule has 0 spiro atoms. The van der Waals surface area contributed by atoms with Crippen LogP contribution in [0.25, 0.3) is 5.52 Å². The zero-order valence-electron chi connectivity index (χ0n) is 19.5. The van der Waals surface area contributed by atoms with Crippen molar-refractivity contribution in [2.75, 3.05) is 34.3 Å². The molecule has 178 valence electrons. The Hall–Kier alpha value is -3.75. The first kappa shape index (κ1) is 23.4. The lowest BCUT2D eigenvalue weighted by atomic mass is 9.90. The van der Waals surface area contributed by atoms with Gasteiger partial charge in [0.2, 0.25) is 0 Å². The number of benzene rings is 1. The highest BCUT2D eigenvalue weighted by molar-refractivity contribution is 6.41. The van der Waals surface area contributed by atoms with Gasteiger partial charge in [0.15, 0.2) is 5.82 Å². The van der Waals surface area contributed by atoms with Crippen molar-refractivity contribution in [3.05, 3.63) is 65.5 Å². The van der Waals surface area contributed by atoms with Crippen molar-refractivity contribution < 1.29 is 23.5 Å². The first-order valence-corrected chi connectivity index (χ1v) is 11.1. The van der Waals surface area contributed by atoms with Gasteiger partial charge in [-0.2, -0.15) is 0 Å². The number of pyridine rings is 1. The summed E-state index contributed by atoms with van der Waals surface area (Å²) in [5, 5.41) is 0. The predicted octanol–water partition coefficient (Wildman–Crippen LogP) is 2.85. The largest absolute Gasteiger partial charge is 0.496 e. The van der Waals surface area contributed by atoms with E-state index < -0.39 is 11.7 Å². The second-order valence-electron chi connectivity index (χ2n) is 8.73. The molecule has 1 aromatic carbocycles. The predicted molar refractivity (Wildman–Crippen MR) is 124 cm³/mol. The van der Waals surface area contributed by atoms with Crippen LogP contribution in [0.1, 0.15) is 39.4 Å². The molecule has 9 heteroatoms. The molecule has 0 aliphatic carbocycles. The normalized spacial score (nSPS) is 14.3. The summed E-state index contributed by atoms with van der Waals surface area (Å²) >= 11 is 0. The third-order valence-electron chi connectivity index (χ3n) is 6.22. The van der Waals surface area contributed by atoms with E-state index in [-0.39, 0.29) is 17.5 Å². The van der Waals surface area contributed by atoms with Gasteiger partial charge >= 0.3 is 0 Å². The standard InChI is InChI=1S/C25H27FN4O4/c1-28(2)25(33)22(31)23-27-14-19-13-21(34-3)20(15-30(19)23)24(32)29-10-8-17(9-11-29)12-16-4-6-18(26)7-5-16/h4-7,13-15,17H,8-12H2,1-3H3. The van der Waals surface area contributed by atoms with Gasteiger partial charge in [-0.05, 0) is 42.9 Å². The number of piperidine rings is 1. The number of likely N-dealkylation sites (tertiary alicyclic amines) is 1. The molecular formula is C25H27FN4O4. The number of Topliss-reactive ketones (excluding diaryl/α,β-unsaturated/α-hetero) is 1. The van der Waals surface area contributed by atoms with Crippen LogP contribution in [0.4, 0.5) is 4.39 Å². The van der Waals surface area contributed by atoms with Crippen LogP contribution >= 0.6 is 0 Å². The molecule has 0 N–H and O–H groups in total. The van der Waals surface area contributed by atoms with Crippen molar-refractivity contribution >= 4 is 23.1 Å². The van der Waals surface area contributed by atoms with Crippen molar-refractivity contribution in [1.82, 2.24) is 19.2 Å². The number of ether oxygens (including phenoxy) is 1. The van der Waals surface area contributed by atoms with E-state index in [4.69, 9.17) is 4.74 Å². The molecule has 0 bridgehead atoms. The van der Waals surface area contributed by atoms with Gasteiger partial charge < -0.3 is 14.5 Å². The van der Waals surface area contributed by atoms with Gasteiger partial charge in [-0.1, -0.05) is 12.1 Å². The number of hydrogen-bond acceptors (Lipinski definition) is 5. The van der Waals surface area contributed by atoms with Crippen LogP contribution in [-0.4, -0.2) is 71.1 Å². The van der Waals surface area contributed by atoms with Crippen LogP contribution < -0.4 is 4.74 Å². The van der Waals surface area contributed by atoms with Gasteiger partial charge in [0.1, 0.15) is 11.6 Å². The van der Waals surface area contributed by atoms with E-state index in [2.05, 4.69) is 4.98 Å². The Morgan fingerprint density at radius 1 is 1.15 bits per heavy atom. The summed E-state index contributed by atoms with van der Waals surface area (Å²) in [6.45, 7) is 1.17. The molecular weight excluding hydrogens is 439 g/mol. The molecule has 1 saturated heterocycles. The lowest BCUT2D eigenvalue weighted by molar-refractivity contribution is -0.124. The average molecular weight is 467 g/mol. The second-order valence-corrected chi connectivity index (χ2v) is 8.73. The number of fused-ring (bicyclic) bond motifs is 1. The molecule has 2 amide bonds. The number of amides is 2. The number of aromatic nitrogens is 2. The Balaban J connectivity index is 1.52. The van der Waals surface area contributed by atoms with E-state index in [1.807, 2.05) is 0 Å². The number of methoxy groups -OCH3 is 1. The quantitative estimate of drug-likeness (QED) is 0.412. The van der Waals surface area contributed by atoms with Gasteiger partial charge in [-0.25, -0.2) is 9.37 Å². The molecule has 2 aromatic heterocycles. The summed E-state index contributed by atoms with van der Waals surface area (Å²) in [5.41, 5.74) is 1.93. The van der Waals surface area contributed by atoms with E-state index in [1.54, 1.807) is 23.1 Å². The number of rotatable bonds is 6. The van der Waals surface area contributed by atoms with Crippen LogP contribution in [0.2, 0.25) is 0 Å². The van der Waals surface area contributed by atoms with Crippen molar-refractivity contribution in [3.63, 3.8) is 0 Å². The maximum atomic E-state index is 13.4. The number of hydrogen-bond donors (Lipinski definition) is 0. The maximum absolute atomic E-state index is 13.4. The molecule has 0 unspecified atom stereocenters. The van der Waals surface area contributed by atoms with E-state index in [0.29, 0.717) is 35.8 Å². The van der Waals surface area contributed by atoms with E-state index in [9.17, 15) is 18.8 Å². The minimum Gasteiger partial charge on any atom is -0.496 e. The lowest BCUT2D eigenvalue weighted by Gasteiger charge is -2.32. The first-order valence-electron chi connectivity index (χ1n) is 11.1. The molecule has 1 aliphatic rings. The average Bonchev–Trinajstić information content (AvgIpc) is 3.26. The second kappa shape index (κ2) is 9.62. The van der Waals surface area contributed by atoms with Gasteiger partial charge in [-0.3, -0.25) is 18.8 Å². The number of halogens is 1. The fraction of sp³-hybridized carbons (Fsp3) is 0.360. The molecule has 34 heavy (non-hydrogen) atoms. The van der Waals surface area contributed by atoms with Gasteiger partial charge in [-0.15, -0.1) is 0 Å². The molecule has 4 rings (SSSR count). The third kappa shape index (κ3) is 4.64. The van der Waals surface area contributed by atoms with Gasteiger partial charge in [0.05, 0.1) is 24.4 Å². The zero-order valence-corrected chi connectivity index (χ0v) is 19.5. The molecule has 0 saturated carbocycles. The van der Waals surface area contributed by atoms with Crippen molar-refractivity contribution in [2.45, 2.75) is 19.3 Å². The summed E-state index contributed by atoms with van der Waals surface area (Å²) in [7, 11) is 4.47. The number of carbonyl (C=O) groups is 3. The van der Waals surface area contributed by atoms with E-state index >= 15 is 0 Å².